The molecule has 1 unspecified atom stereocenters. The van der Waals surface area contributed by atoms with Crippen LogP contribution in [0.2, 0.25) is 0 Å². The zero-order chi connectivity index (χ0) is 11.4. The summed E-state index contributed by atoms with van der Waals surface area (Å²) >= 11 is 0. The smallest absolute Gasteiger partial charge is 0.143 e. The lowest BCUT2D eigenvalue weighted by Gasteiger charge is -2.09. The maximum absolute atomic E-state index is 12.1. The summed E-state index contributed by atoms with van der Waals surface area (Å²) in [6, 6.07) is 16.6. The van der Waals surface area contributed by atoms with Crippen molar-refractivity contribution >= 4 is 0 Å². The molecular formula is C14H13O2. The van der Waals surface area contributed by atoms with Crippen LogP contribution in [0.3, 0.4) is 0 Å². The molecule has 0 N–H and O–H groups in total. The molecule has 0 amide bonds. The molecule has 1 atom stereocenters. The van der Waals surface area contributed by atoms with Crippen molar-refractivity contribution in [2.75, 3.05) is 7.11 Å². The Morgan fingerprint density at radius 1 is 0.875 bits per heavy atom. The second-order valence-corrected chi connectivity index (χ2v) is 3.56. The lowest BCUT2D eigenvalue weighted by Crippen LogP contribution is -1.97. The minimum absolute atomic E-state index is 0.756. The lowest BCUT2D eigenvalue weighted by atomic mass is 10.0. The van der Waals surface area contributed by atoms with Crippen LogP contribution in [-0.4, -0.2) is 7.11 Å². The van der Waals surface area contributed by atoms with Gasteiger partial charge in [0.2, 0.25) is 0 Å². The average molecular weight is 213 g/mol. The van der Waals surface area contributed by atoms with Crippen LogP contribution >= 0.6 is 0 Å². The van der Waals surface area contributed by atoms with Crippen molar-refractivity contribution in [1.29, 1.82) is 0 Å². The molecule has 0 saturated carbocycles. The molecule has 2 aromatic carbocycles. The molecule has 0 fully saturated rings. The topological polar surface area (TPSA) is 29.1 Å². The predicted molar refractivity (Wildman–Crippen MR) is 62.0 cm³/mol. The van der Waals surface area contributed by atoms with E-state index in [0.717, 1.165) is 16.9 Å². The van der Waals surface area contributed by atoms with Crippen molar-refractivity contribution in [2.45, 2.75) is 6.10 Å². The van der Waals surface area contributed by atoms with Gasteiger partial charge < -0.3 is 4.74 Å². The molecule has 0 heterocycles. The van der Waals surface area contributed by atoms with Crippen LogP contribution in [-0.2, 0) is 5.11 Å². The molecule has 2 heteroatoms. The standard InChI is InChI=1S/C14H13O2/c1-16-13-9-7-12(8-10-13)14(15)11-5-3-2-4-6-11/h2-10,14H,1H3. The zero-order valence-electron chi connectivity index (χ0n) is 9.09. The first-order valence-electron chi connectivity index (χ1n) is 5.16. The molecule has 2 rings (SSSR count). The molecule has 0 aliphatic carbocycles. The first-order chi connectivity index (χ1) is 7.81. The number of methoxy groups -OCH3 is 1. The van der Waals surface area contributed by atoms with Crippen LogP contribution in [0.5, 0.6) is 5.75 Å². The number of hydrogen-bond acceptors (Lipinski definition) is 1. The van der Waals surface area contributed by atoms with E-state index >= 15 is 0 Å². The van der Waals surface area contributed by atoms with E-state index in [9.17, 15) is 5.11 Å². The van der Waals surface area contributed by atoms with E-state index in [2.05, 4.69) is 0 Å². The van der Waals surface area contributed by atoms with E-state index < -0.39 is 6.10 Å². The Morgan fingerprint density at radius 3 is 2.00 bits per heavy atom. The molecule has 2 nitrogen and oxygen atoms in total. The molecule has 0 spiro atoms. The maximum Gasteiger partial charge on any atom is 0.143 e. The molecule has 0 bridgehead atoms. The molecule has 16 heavy (non-hydrogen) atoms. The Morgan fingerprint density at radius 2 is 1.44 bits per heavy atom. The van der Waals surface area contributed by atoms with Gasteiger partial charge in [0.1, 0.15) is 11.9 Å². The molecule has 0 aliphatic heterocycles. The SMILES string of the molecule is COc1ccc(C([O])c2ccccc2)cc1. The van der Waals surface area contributed by atoms with Gasteiger partial charge in [-0.3, -0.25) is 0 Å². The summed E-state index contributed by atoms with van der Waals surface area (Å²) in [4.78, 5) is 0. The Kier molecular flexibility index (Phi) is 3.22. The Hall–Kier alpha value is -1.80. The maximum atomic E-state index is 12.1. The Labute approximate surface area is 95.1 Å². The molecule has 0 aliphatic rings. The van der Waals surface area contributed by atoms with Gasteiger partial charge in [-0.2, -0.15) is 0 Å². The fraction of sp³-hybridized carbons (Fsp3) is 0.143. The summed E-state index contributed by atoms with van der Waals surface area (Å²) < 4.78 is 5.05. The molecule has 1 radical (unpaired) electrons. The number of benzene rings is 2. The zero-order valence-corrected chi connectivity index (χ0v) is 9.09. The summed E-state index contributed by atoms with van der Waals surface area (Å²) in [6.07, 6.45) is -0.827. The normalized spacial score (nSPS) is 12.1. The largest absolute Gasteiger partial charge is 0.497 e. The van der Waals surface area contributed by atoms with Crippen LogP contribution in [0.15, 0.2) is 54.6 Å². The number of ether oxygens (including phenoxy) is 1. The van der Waals surface area contributed by atoms with Gasteiger partial charge in [0, 0.05) is 0 Å². The summed E-state index contributed by atoms with van der Waals surface area (Å²) in [5.74, 6) is 0.768. The molecule has 0 aromatic heterocycles. The summed E-state index contributed by atoms with van der Waals surface area (Å²) in [5.41, 5.74) is 1.54. The first kappa shape index (κ1) is 10.7. The third kappa shape index (κ3) is 2.23. The highest BCUT2D eigenvalue weighted by atomic mass is 16.5. The Balaban J connectivity index is 2.24. The van der Waals surface area contributed by atoms with Crippen molar-refractivity contribution in [3.05, 3.63) is 65.7 Å². The van der Waals surface area contributed by atoms with E-state index in [-0.39, 0.29) is 0 Å². The van der Waals surface area contributed by atoms with Crippen LogP contribution in [0.25, 0.3) is 0 Å². The third-order valence-electron chi connectivity index (χ3n) is 2.52. The second-order valence-electron chi connectivity index (χ2n) is 3.56. The third-order valence-corrected chi connectivity index (χ3v) is 2.52. The van der Waals surface area contributed by atoms with Gasteiger partial charge >= 0.3 is 0 Å². The molecular weight excluding hydrogens is 200 g/mol. The van der Waals surface area contributed by atoms with Crippen LogP contribution in [0.4, 0.5) is 0 Å². The van der Waals surface area contributed by atoms with E-state index in [1.165, 1.54) is 0 Å². The average Bonchev–Trinajstić information content (AvgIpc) is 2.39. The minimum Gasteiger partial charge on any atom is -0.497 e. The van der Waals surface area contributed by atoms with Gasteiger partial charge in [-0.05, 0) is 23.3 Å². The fourth-order valence-electron chi connectivity index (χ4n) is 1.60. The molecule has 0 saturated heterocycles. The van der Waals surface area contributed by atoms with Crippen molar-refractivity contribution in [3.63, 3.8) is 0 Å². The fourth-order valence-corrected chi connectivity index (χ4v) is 1.60. The van der Waals surface area contributed by atoms with Gasteiger partial charge in [0.05, 0.1) is 7.11 Å². The van der Waals surface area contributed by atoms with Gasteiger partial charge in [-0.15, -0.1) is 0 Å². The van der Waals surface area contributed by atoms with E-state index in [1.807, 2.05) is 54.6 Å². The quantitative estimate of drug-likeness (QED) is 0.769. The van der Waals surface area contributed by atoms with Crippen molar-refractivity contribution in [3.8, 4) is 5.75 Å². The highest BCUT2D eigenvalue weighted by Gasteiger charge is 2.11. The number of rotatable bonds is 3. The number of hydrogen-bond donors (Lipinski definition) is 0. The van der Waals surface area contributed by atoms with Crippen molar-refractivity contribution in [2.24, 2.45) is 0 Å². The van der Waals surface area contributed by atoms with E-state index in [4.69, 9.17) is 4.74 Å². The molecule has 81 valence electrons. The van der Waals surface area contributed by atoms with Crippen LogP contribution < -0.4 is 4.74 Å². The summed E-state index contributed by atoms with van der Waals surface area (Å²) in [6.45, 7) is 0. The van der Waals surface area contributed by atoms with Gasteiger partial charge in [-0.1, -0.05) is 42.5 Å². The van der Waals surface area contributed by atoms with Gasteiger partial charge in [-0.25, -0.2) is 5.11 Å². The summed E-state index contributed by atoms with van der Waals surface area (Å²) in [5, 5.41) is 12.1. The monoisotopic (exact) mass is 213 g/mol. The molecule has 2 aromatic rings. The van der Waals surface area contributed by atoms with Crippen molar-refractivity contribution in [1.82, 2.24) is 0 Å². The highest BCUT2D eigenvalue weighted by molar-refractivity contribution is 5.33. The second kappa shape index (κ2) is 4.81. The van der Waals surface area contributed by atoms with Gasteiger partial charge in [0.25, 0.3) is 0 Å². The lowest BCUT2D eigenvalue weighted by molar-refractivity contribution is 0.124. The minimum atomic E-state index is -0.827. The first-order valence-corrected chi connectivity index (χ1v) is 5.16. The highest BCUT2D eigenvalue weighted by Crippen LogP contribution is 2.23. The predicted octanol–water partition coefficient (Wildman–Crippen LogP) is 3.22. The van der Waals surface area contributed by atoms with Crippen molar-refractivity contribution < 1.29 is 9.84 Å². The van der Waals surface area contributed by atoms with Crippen LogP contribution in [0, 0.1) is 0 Å². The van der Waals surface area contributed by atoms with E-state index in [0.29, 0.717) is 0 Å². The van der Waals surface area contributed by atoms with Gasteiger partial charge in [0.15, 0.2) is 0 Å². The van der Waals surface area contributed by atoms with Crippen LogP contribution in [0.1, 0.15) is 17.2 Å². The van der Waals surface area contributed by atoms with E-state index in [1.54, 1.807) is 7.11 Å². The summed E-state index contributed by atoms with van der Waals surface area (Å²) in [7, 11) is 1.61. The Bertz CT molecular complexity index is 434.